The molecule has 9 heteroatoms. The first-order valence-corrected chi connectivity index (χ1v) is 10.3. The first kappa shape index (κ1) is 18.7. The third kappa shape index (κ3) is 4.78. The Morgan fingerprint density at radius 1 is 0.857 bits per heavy atom. The van der Waals surface area contributed by atoms with E-state index in [9.17, 15) is 0 Å². The molecule has 4 rings (SSSR count). The predicted molar refractivity (Wildman–Crippen MR) is 115 cm³/mol. The van der Waals surface area contributed by atoms with E-state index in [-0.39, 0.29) is 0 Å². The van der Waals surface area contributed by atoms with Crippen molar-refractivity contribution in [1.82, 2.24) is 25.7 Å². The topological polar surface area (TPSA) is 81.2 Å². The molecule has 2 aliphatic heterocycles. The van der Waals surface area contributed by atoms with Crippen LogP contribution in [0.1, 0.15) is 31.2 Å². The summed E-state index contributed by atoms with van der Waals surface area (Å²) in [6.45, 7) is 4.63. The van der Waals surface area contributed by atoms with Crippen LogP contribution in [0.2, 0.25) is 0 Å². The zero-order chi connectivity index (χ0) is 19.2. The summed E-state index contributed by atoms with van der Waals surface area (Å²) in [5.41, 5.74) is 7.19. The quantitative estimate of drug-likeness (QED) is 0.500. The van der Waals surface area contributed by atoms with E-state index in [4.69, 9.17) is 17.2 Å². The van der Waals surface area contributed by atoms with Gasteiger partial charge in [-0.25, -0.2) is 0 Å². The van der Waals surface area contributed by atoms with E-state index in [1.54, 1.807) is 0 Å². The molecule has 2 fully saturated rings. The van der Waals surface area contributed by atoms with Crippen molar-refractivity contribution in [3.63, 3.8) is 0 Å². The smallest absolute Gasteiger partial charge is 0.248 e. The van der Waals surface area contributed by atoms with Crippen molar-refractivity contribution in [3.05, 3.63) is 35.9 Å². The normalized spacial score (nSPS) is 16.3. The van der Waals surface area contributed by atoms with Crippen molar-refractivity contribution in [2.24, 2.45) is 0 Å². The summed E-state index contributed by atoms with van der Waals surface area (Å²) in [5.74, 6) is 1.96. The van der Waals surface area contributed by atoms with Gasteiger partial charge in [-0.15, -0.1) is 0 Å². The lowest BCUT2D eigenvalue weighted by Gasteiger charge is -2.21. The Morgan fingerprint density at radius 3 is 2.00 bits per heavy atom. The Kier molecular flexibility index (Phi) is 6.01. The van der Waals surface area contributed by atoms with E-state index < -0.39 is 0 Å². The molecule has 0 bridgehead atoms. The van der Waals surface area contributed by atoms with E-state index >= 15 is 0 Å². The Labute approximate surface area is 170 Å². The predicted octanol–water partition coefficient (Wildman–Crippen LogP) is 2.06. The third-order valence-electron chi connectivity index (χ3n) is 4.97. The fourth-order valence-electron chi connectivity index (χ4n) is 3.46. The molecule has 0 amide bonds. The summed E-state index contributed by atoms with van der Waals surface area (Å²) in [5, 5.41) is 3.67. The highest BCUT2D eigenvalue weighted by molar-refractivity contribution is 7.80. The zero-order valence-corrected chi connectivity index (χ0v) is 16.7. The van der Waals surface area contributed by atoms with Crippen LogP contribution in [0, 0.1) is 0 Å². The molecule has 0 saturated carbocycles. The molecule has 3 N–H and O–H groups in total. The van der Waals surface area contributed by atoms with Crippen LogP contribution in [0.5, 0.6) is 0 Å². The Balaban J connectivity index is 1.40. The van der Waals surface area contributed by atoms with Gasteiger partial charge < -0.3 is 15.1 Å². The highest BCUT2D eigenvalue weighted by Gasteiger charge is 2.21. The summed E-state index contributed by atoms with van der Waals surface area (Å²) < 4.78 is 0. The first-order chi connectivity index (χ1) is 13.8. The highest BCUT2D eigenvalue weighted by atomic mass is 32.1. The summed E-state index contributed by atoms with van der Waals surface area (Å²) in [7, 11) is 0. The summed E-state index contributed by atoms with van der Waals surface area (Å²) in [6.07, 6.45) is 4.72. The summed E-state index contributed by atoms with van der Waals surface area (Å²) >= 11 is 5.36. The number of hydrazine groups is 1. The van der Waals surface area contributed by atoms with Gasteiger partial charge in [-0.2, -0.15) is 15.0 Å². The summed E-state index contributed by atoms with van der Waals surface area (Å²) in [6, 6.07) is 10.1. The van der Waals surface area contributed by atoms with E-state index in [0.717, 1.165) is 38.1 Å². The van der Waals surface area contributed by atoms with Gasteiger partial charge >= 0.3 is 0 Å². The zero-order valence-electron chi connectivity index (χ0n) is 15.9. The second-order valence-electron chi connectivity index (χ2n) is 7.07. The number of hydrogen-bond donors (Lipinski definition) is 3. The molecule has 0 unspecified atom stereocenters. The molecule has 2 aromatic rings. The van der Waals surface area contributed by atoms with Crippen LogP contribution in [-0.4, -0.2) is 46.2 Å². The third-order valence-corrected chi connectivity index (χ3v) is 5.22. The van der Waals surface area contributed by atoms with E-state index in [0.29, 0.717) is 17.6 Å². The molecule has 148 valence electrons. The number of hydrogen-bond acceptors (Lipinski definition) is 7. The molecule has 2 saturated heterocycles. The maximum absolute atomic E-state index is 5.36. The van der Waals surface area contributed by atoms with Crippen LogP contribution in [0.15, 0.2) is 30.3 Å². The maximum Gasteiger partial charge on any atom is 0.248 e. The monoisotopic (exact) mass is 398 g/mol. The fourth-order valence-corrected chi connectivity index (χ4v) is 3.59. The summed E-state index contributed by atoms with van der Waals surface area (Å²) in [4.78, 5) is 18.3. The van der Waals surface area contributed by atoms with Gasteiger partial charge in [0.25, 0.3) is 0 Å². The van der Waals surface area contributed by atoms with Crippen molar-refractivity contribution in [2.45, 2.75) is 32.2 Å². The molecule has 0 radical (unpaired) electrons. The van der Waals surface area contributed by atoms with Crippen LogP contribution < -0.4 is 26.0 Å². The second-order valence-corrected chi connectivity index (χ2v) is 7.47. The second kappa shape index (κ2) is 9.01. The number of nitrogens with one attached hydrogen (secondary N) is 3. The molecule has 1 aromatic heterocycles. The number of benzene rings is 1. The van der Waals surface area contributed by atoms with Crippen molar-refractivity contribution in [1.29, 1.82) is 0 Å². The average Bonchev–Trinajstić information content (AvgIpc) is 3.45. The number of rotatable bonds is 6. The first-order valence-electron chi connectivity index (χ1n) is 9.88. The molecule has 2 aliphatic rings. The van der Waals surface area contributed by atoms with Crippen molar-refractivity contribution < 1.29 is 0 Å². The number of thiocarbonyl (C=S) groups is 1. The molecule has 0 aliphatic carbocycles. The van der Waals surface area contributed by atoms with Gasteiger partial charge in [0.05, 0.1) is 0 Å². The van der Waals surface area contributed by atoms with Crippen LogP contribution in [0.25, 0.3) is 0 Å². The average molecular weight is 399 g/mol. The minimum absolute atomic E-state index is 0.489. The molecule has 0 spiro atoms. The molecule has 28 heavy (non-hydrogen) atoms. The van der Waals surface area contributed by atoms with Crippen LogP contribution in [0.4, 0.5) is 17.8 Å². The van der Waals surface area contributed by atoms with Gasteiger partial charge in [-0.3, -0.25) is 10.9 Å². The van der Waals surface area contributed by atoms with Gasteiger partial charge in [0.1, 0.15) is 0 Å². The highest BCUT2D eigenvalue weighted by Crippen LogP contribution is 2.22. The fraction of sp³-hybridized carbons (Fsp3) is 0.474. The Hall–Kier alpha value is -2.68. The van der Waals surface area contributed by atoms with Crippen molar-refractivity contribution >= 4 is 35.2 Å². The van der Waals surface area contributed by atoms with E-state index in [1.807, 2.05) is 18.2 Å². The Morgan fingerprint density at radius 2 is 1.43 bits per heavy atom. The van der Waals surface area contributed by atoms with Gasteiger partial charge in [0.2, 0.25) is 17.8 Å². The molecule has 0 atom stereocenters. The molecule has 1 aromatic carbocycles. The number of nitrogens with zero attached hydrogens (tertiary/aromatic N) is 5. The molecule has 8 nitrogen and oxygen atoms in total. The van der Waals surface area contributed by atoms with E-state index in [1.165, 1.54) is 31.2 Å². The lowest BCUT2D eigenvalue weighted by atomic mass is 10.2. The lowest BCUT2D eigenvalue weighted by molar-refractivity contribution is 0.828. The van der Waals surface area contributed by atoms with Gasteiger partial charge in [-0.05, 0) is 43.5 Å². The van der Waals surface area contributed by atoms with Crippen LogP contribution in [-0.2, 0) is 6.54 Å². The van der Waals surface area contributed by atoms with Gasteiger partial charge in [0, 0.05) is 32.7 Å². The van der Waals surface area contributed by atoms with Gasteiger partial charge in [-0.1, -0.05) is 30.3 Å². The number of aromatic nitrogens is 3. The Bertz CT molecular complexity index is 754. The number of anilines is 3. The lowest BCUT2D eigenvalue weighted by Crippen LogP contribution is -2.39. The minimum Gasteiger partial charge on any atom is -0.357 e. The van der Waals surface area contributed by atoms with Crippen molar-refractivity contribution in [2.75, 3.05) is 41.4 Å². The van der Waals surface area contributed by atoms with Crippen molar-refractivity contribution in [3.8, 4) is 0 Å². The molecule has 3 heterocycles. The SMILES string of the molecule is S=C(NCc1ccccc1)NNc1nc(N2CCCC2)nc(N2CCCC2)n1. The molecular formula is C19H26N8S. The maximum atomic E-state index is 5.36. The largest absolute Gasteiger partial charge is 0.357 e. The standard InChI is InChI=1S/C19H26N8S/c28-19(20-14-15-8-2-1-3-9-15)25-24-16-21-17(26-10-4-5-11-26)23-18(22-16)27-12-6-7-13-27/h1-3,8-9H,4-7,10-14H2,(H2,20,25,28)(H,21,22,23,24). The van der Waals surface area contributed by atoms with E-state index in [2.05, 4.69) is 48.1 Å². The van der Waals surface area contributed by atoms with Gasteiger partial charge in [0.15, 0.2) is 5.11 Å². The minimum atomic E-state index is 0.489. The van der Waals surface area contributed by atoms with Crippen LogP contribution in [0.3, 0.4) is 0 Å². The van der Waals surface area contributed by atoms with Crippen LogP contribution >= 0.6 is 12.2 Å². The molecular weight excluding hydrogens is 372 g/mol.